The Morgan fingerprint density at radius 2 is 2.05 bits per heavy atom. The zero-order chi connectivity index (χ0) is 13.2. The van der Waals surface area contributed by atoms with Gasteiger partial charge < -0.3 is 5.32 Å². The summed E-state index contributed by atoms with van der Waals surface area (Å²) in [5.41, 5.74) is 2.96. The van der Waals surface area contributed by atoms with Crippen LogP contribution in [0, 0.1) is 0 Å². The van der Waals surface area contributed by atoms with Gasteiger partial charge in [-0.05, 0) is 13.1 Å². The van der Waals surface area contributed by atoms with Crippen molar-refractivity contribution in [2.45, 2.75) is 6.04 Å². The van der Waals surface area contributed by atoms with E-state index in [0.717, 1.165) is 22.3 Å². The third kappa shape index (κ3) is 1.98. The molecule has 0 aliphatic carbocycles. The first kappa shape index (κ1) is 11.8. The molecule has 0 fully saturated rings. The number of aryl methyl sites for hydroxylation is 1. The second-order valence-corrected chi connectivity index (χ2v) is 4.38. The molecule has 0 saturated carbocycles. The van der Waals surface area contributed by atoms with Gasteiger partial charge in [-0.15, -0.1) is 0 Å². The van der Waals surface area contributed by atoms with E-state index in [-0.39, 0.29) is 6.04 Å². The molecule has 2 heterocycles. The monoisotopic (exact) mass is 253 g/mol. The summed E-state index contributed by atoms with van der Waals surface area (Å²) in [7, 11) is 3.86. The van der Waals surface area contributed by atoms with Crippen LogP contribution < -0.4 is 5.32 Å². The fraction of sp³-hybridized carbons (Fsp3) is 0.214. The number of hydrogen-bond donors (Lipinski definition) is 1. The van der Waals surface area contributed by atoms with Crippen molar-refractivity contribution in [3.05, 3.63) is 54.2 Å². The van der Waals surface area contributed by atoms with Crippen molar-refractivity contribution in [3.63, 3.8) is 0 Å². The van der Waals surface area contributed by atoms with Gasteiger partial charge in [0.1, 0.15) is 0 Å². The van der Waals surface area contributed by atoms with E-state index in [1.807, 2.05) is 30.9 Å². The van der Waals surface area contributed by atoms with Crippen LogP contribution in [0.2, 0.25) is 0 Å². The summed E-state index contributed by atoms with van der Waals surface area (Å²) in [4.78, 5) is 8.50. The van der Waals surface area contributed by atoms with Crippen molar-refractivity contribution in [2.75, 3.05) is 7.05 Å². The molecule has 96 valence electrons. The van der Waals surface area contributed by atoms with Gasteiger partial charge in [0.2, 0.25) is 0 Å². The normalized spacial score (nSPS) is 12.7. The number of benzene rings is 1. The Kier molecular flexibility index (Phi) is 2.97. The lowest BCUT2D eigenvalue weighted by Crippen LogP contribution is -2.20. The molecular weight excluding hydrogens is 238 g/mol. The first-order valence-corrected chi connectivity index (χ1v) is 6.16. The highest BCUT2D eigenvalue weighted by Crippen LogP contribution is 2.26. The SMILES string of the molecule is CNC(c1cnccn1)c1nn(C)c2ccccc12. The van der Waals surface area contributed by atoms with E-state index in [4.69, 9.17) is 0 Å². The van der Waals surface area contributed by atoms with E-state index in [9.17, 15) is 0 Å². The minimum Gasteiger partial charge on any atom is -0.307 e. The lowest BCUT2D eigenvalue weighted by molar-refractivity contribution is 0.630. The third-order valence-corrected chi connectivity index (χ3v) is 3.23. The molecule has 3 aromatic rings. The molecule has 1 aromatic carbocycles. The van der Waals surface area contributed by atoms with Crippen molar-refractivity contribution < 1.29 is 0 Å². The first-order valence-electron chi connectivity index (χ1n) is 6.16. The van der Waals surface area contributed by atoms with Gasteiger partial charge >= 0.3 is 0 Å². The molecule has 0 aliphatic heterocycles. The largest absolute Gasteiger partial charge is 0.307 e. The predicted molar refractivity (Wildman–Crippen MR) is 73.6 cm³/mol. The molecule has 3 rings (SSSR count). The summed E-state index contributed by atoms with van der Waals surface area (Å²) < 4.78 is 1.89. The van der Waals surface area contributed by atoms with Crippen LogP contribution in [0.3, 0.4) is 0 Å². The first-order chi connectivity index (χ1) is 9.31. The molecule has 5 nitrogen and oxygen atoms in total. The maximum Gasteiger partial charge on any atom is 0.0963 e. The van der Waals surface area contributed by atoms with Crippen LogP contribution in [0.15, 0.2) is 42.9 Å². The summed E-state index contributed by atoms with van der Waals surface area (Å²) in [6.07, 6.45) is 5.14. The number of rotatable bonds is 3. The maximum atomic E-state index is 4.62. The van der Waals surface area contributed by atoms with E-state index < -0.39 is 0 Å². The van der Waals surface area contributed by atoms with E-state index >= 15 is 0 Å². The Balaban J connectivity index is 2.17. The van der Waals surface area contributed by atoms with E-state index in [1.54, 1.807) is 18.6 Å². The van der Waals surface area contributed by atoms with Gasteiger partial charge in [0.25, 0.3) is 0 Å². The minimum atomic E-state index is -0.0557. The molecule has 1 unspecified atom stereocenters. The Hall–Kier alpha value is -2.27. The van der Waals surface area contributed by atoms with Crippen molar-refractivity contribution in [1.82, 2.24) is 25.1 Å². The molecule has 0 radical (unpaired) electrons. The summed E-state index contributed by atoms with van der Waals surface area (Å²) in [5.74, 6) is 0. The molecule has 0 bridgehead atoms. The Morgan fingerprint density at radius 3 is 2.79 bits per heavy atom. The Bertz CT molecular complexity index is 689. The molecule has 5 heteroatoms. The number of nitrogens with zero attached hydrogens (tertiary/aromatic N) is 4. The number of fused-ring (bicyclic) bond motifs is 1. The molecule has 0 aliphatic rings. The Labute approximate surface area is 111 Å². The smallest absolute Gasteiger partial charge is 0.0963 e. The van der Waals surface area contributed by atoms with Crippen molar-refractivity contribution in [2.24, 2.45) is 7.05 Å². The fourth-order valence-electron chi connectivity index (χ4n) is 2.34. The van der Waals surface area contributed by atoms with Gasteiger partial charge in [0, 0.05) is 24.8 Å². The standard InChI is InChI=1S/C14H15N5/c1-15-14(11-9-16-7-8-17-11)13-10-5-3-4-6-12(10)19(2)18-13/h3-9,14-15H,1-2H3. The van der Waals surface area contributed by atoms with Gasteiger partial charge in [-0.3, -0.25) is 14.6 Å². The zero-order valence-corrected chi connectivity index (χ0v) is 10.9. The van der Waals surface area contributed by atoms with Crippen molar-refractivity contribution >= 4 is 10.9 Å². The van der Waals surface area contributed by atoms with Gasteiger partial charge in [-0.25, -0.2) is 0 Å². The minimum absolute atomic E-state index is 0.0557. The summed E-state index contributed by atoms with van der Waals surface area (Å²) in [6.45, 7) is 0. The van der Waals surface area contributed by atoms with Crippen LogP contribution in [-0.4, -0.2) is 26.8 Å². The Morgan fingerprint density at radius 1 is 1.21 bits per heavy atom. The predicted octanol–water partition coefficient (Wildman–Crippen LogP) is 1.67. The average molecular weight is 253 g/mol. The molecular formula is C14H15N5. The highest BCUT2D eigenvalue weighted by atomic mass is 15.3. The van der Waals surface area contributed by atoms with E-state index in [2.05, 4.69) is 32.5 Å². The zero-order valence-electron chi connectivity index (χ0n) is 10.9. The van der Waals surface area contributed by atoms with E-state index in [1.165, 1.54) is 0 Å². The van der Waals surface area contributed by atoms with Crippen LogP contribution in [0.1, 0.15) is 17.4 Å². The molecule has 0 amide bonds. The number of nitrogens with one attached hydrogen (secondary N) is 1. The van der Waals surface area contributed by atoms with Crippen LogP contribution in [0.5, 0.6) is 0 Å². The molecule has 19 heavy (non-hydrogen) atoms. The third-order valence-electron chi connectivity index (χ3n) is 3.23. The lowest BCUT2D eigenvalue weighted by Gasteiger charge is -2.12. The molecule has 1 N–H and O–H groups in total. The molecule has 1 atom stereocenters. The van der Waals surface area contributed by atoms with Crippen LogP contribution in [0.25, 0.3) is 10.9 Å². The van der Waals surface area contributed by atoms with Crippen LogP contribution in [0.4, 0.5) is 0 Å². The second kappa shape index (κ2) is 4.78. The van der Waals surface area contributed by atoms with Gasteiger partial charge in [-0.2, -0.15) is 5.10 Å². The van der Waals surface area contributed by atoms with Crippen LogP contribution >= 0.6 is 0 Å². The summed E-state index contributed by atoms with van der Waals surface area (Å²) in [5, 5.41) is 9.02. The maximum absolute atomic E-state index is 4.62. The summed E-state index contributed by atoms with van der Waals surface area (Å²) in [6, 6.07) is 8.13. The second-order valence-electron chi connectivity index (χ2n) is 4.38. The quantitative estimate of drug-likeness (QED) is 0.771. The number of aromatic nitrogens is 4. The highest BCUT2D eigenvalue weighted by molar-refractivity contribution is 5.82. The van der Waals surface area contributed by atoms with E-state index in [0.29, 0.717) is 0 Å². The van der Waals surface area contributed by atoms with Gasteiger partial charge in [0.15, 0.2) is 0 Å². The van der Waals surface area contributed by atoms with Crippen molar-refractivity contribution in [1.29, 1.82) is 0 Å². The average Bonchev–Trinajstić information content (AvgIpc) is 2.79. The number of hydrogen-bond acceptors (Lipinski definition) is 4. The fourth-order valence-corrected chi connectivity index (χ4v) is 2.34. The van der Waals surface area contributed by atoms with Crippen molar-refractivity contribution in [3.8, 4) is 0 Å². The van der Waals surface area contributed by atoms with Gasteiger partial charge in [0.05, 0.1) is 29.1 Å². The summed E-state index contributed by atoms with van der Waals surface area (Å²) >= 11 is 0. The topological polar surface area (TPSA) is 55.6 Å². The molecule has 0 spiro atoms. The number of para-hydroxylation sites is 1. The molecule has 0 saturated heterocycles. The lowest BCUT2D eigenvalue weighted by atomic mass is 10.1. The van der Waals surface area contributed by atoms with Crippen LogP contribution in [-0.2, 0) is 7.05 Å². The highest BCUT2D eigenvalue weighted by Gasteiger charge is 2.20. The van der Waals surface area contributed by atoms with Gasteiger partial charge in [-0.1, -0.05) is 18.2 Å². The molecule has 2 aromatic heterocycles.